The molecule has 0 nitrogen and oxygen atoms in total. The van der Waals surface area contributed by atoms with E-state index in [0.29, 0.717) is 5.92 Å². The lowest BCUT2D eigenvalue weighted by Gasteiger charge is -2.27. The Labute approximate surface area is 158 Å². The number of benzene rings is 2. The van der Waals surface area contributed by atoms with Crippen LogP contribution in [0.1, 0.15) is 69.7 Å². The van der Waals surface area contributed by atoms with E-state index in [1.807, 2.05) is 0 Å². The molecule has 0 aliphatic heterocycles. The molecule has 0 spiro atoms. The highest BCUT2D eigenvalue weighted by Crippen LogP contribution is 2.54. The molecule has 0 saturated heterocycles. The van der Waals surface area contributed by atoms with Crippen molar-refractivity contribution in [1.82, 2.24) is 0 Å². The molecule has 2 aromatic rings. The number of hydrogen-bond acceptors (Lipinski definition) is 0. The van der Waals surface area contributed by atoms with E-state index < -0.39 is 0 Å². The maximum atomic E-state index is 2.43. The van der Waals surface area contributed by atoms with Crippen LogP contribution in [0.2, 0.25) is 0 Å². The van der Waals surface area contributed by atoms with Gasteiger partial charge in [-0.1, -0.05) is 74.9 Å². The van der Waals surface area contributed by atoms with Crippen LogP contribution in [0.5, 0.6) is 0 Å². The molecule has 4 rings (SSSR count). The average Bonchev–Trinajstić information content (AvgIpc) is 3.05. The van der Waals surface area contributed by atoms with E-state index in [9.17, 15) is 0 Å². The monoisotopic (exact) mass is 340 g/mol. The molecular formula is C26H28. The van der Waals surface area contributed by atoms with Crippen LogP contribution < -0.4 is 0 Å². The summed E-state index contributed by atoms with van der Waals surface area (Å²) in [6.07, 6.45) is 2.43. The van der Waals surface area contributed by atoms with Crippen LogP contribution in [0.3, 0.4) is 0 Å². The van der Waals surface area contributed by atoms with Crippen molar-refractivity contribution in [1.29, 1.82) is 0 Å². The standard InChI is InChI=1S/C26H28/c1-16-17(2)25(26(5,6)19(16)4)22-14-10-13-21-18(3)23(15-24(21)22)20-11-8-7-9-12-20/h7-15,18H,1-6H3. The molecule has 1 atom stereocenters. The van der Waals surface area contributed by atoms with E-state index in [2.05, 4.69) is 96.1 Å². The third-order valence-corrected chi connectivity index (χ3v) is 6.81. The fourth-order valence-electron chi connectivity index (χ4n) is 4.88. The van der Waals surface area contributed by atoms with Crippen LogP contribution in [0.25, 0.3) is 17.2 Å². The maximum absolute atomic E-state index is 2.43. The topological polar surface area (TPSA) is 0 Å². The highest BCUT2D eigenvalue weighted by atomic mass is 14.4. The Kier molecular flexibility index (Phi) is 3.84. The minimum Gasteiger partial charge on any atom is -0.0622 e. The van der Waals surface area contributed by atoms with Gasteiger partial charge in [-0.15, -0.1) is 0 Å². The largest absolute Gasteiger partial charge is 0.0622 e. The molecule has 0 aromatic heterocycles. The summed E-state index contributed by atoms with van der Waals surface area (Å²) in [5, 5.41) is 0. The van der Waals surface area contributed by atoms with Gasteiger partial charge < -0.3 is 0 Å². The second-order valence-corrected chi connectivity index (χ2v) is 8.37. The molecular weight excluding hydrogens is 312 g/mol. The smallest absolute Gasteiger partial charge is 0.0117 e. The Bertz CT molecular complexity index is 978. The zero-order valence-electron chi connectivity index (χ0n) is 16.8. The van der Waals surface area contributed by atoms with Crippen LogP contribution in [0, 0.1) is 5.41 Å². The first-order valence-corrected chi connectivity index (χ1v) is 9.64. The van der Waals surface area contributed by atoms with Gasteiger partial charge in [-0.3, -0.25) is 0 Å². The van der Waals surface area contributed by atoms with E-state index >= 15 is 0 Å². The number of fused-ring (bicyclic) bond motifs is 1. The van der Waals surface area contributed by atoms with Crippen molar-refractivity contribution in [3.05, 3.63) is 87.5 Å². The minimum absolute atomic E-state index is 0.0931. The number of rotatable bonds is 2. The lowest BCUT2D eigenvalue weighted by atomic mass is 9.76. The van der Waals surface area contributed by atoms with Crippen molar-refractivity contribution in [3.8, 4) is 0 Å². The SMILES string of the molecule is CC1=C(C)C(C)(C)C(c2cccc3c2C=C(c2ccccc2)C3C)=C1C. The zero-order chi connectivity index (χ0) is 18.6. The Morgan fingerprint density at radius 1 is 0.808 bits per heavy atom. The Hall–Kier alpha value is -2.34. The molecule has 2 aliphatic carbocycles. The van der Waals surface area contributed by atoms with Crippen LogP contribution in [0.15, 0.2) is 65.3 Å². The lowest BCUT2D eigenvalue weighted by molar-refractivity contribution is 0.608. The van der Waals surface area contributed by atoms with Crippen molar-refractivity contribution in [2.75, 3.05) is 0 Å². The Morgan fingerprint density at radius 3 is 2.12 bits per heavy atom. The van der Waals surface area contributed by atoms with Gasteiger partial charge in [0.25, 0.3) is 0 Å². The summed E-state index contributed by atoms with van der Waals surface area (Å²) < 4.78 is 0. The summed E-state index contributed by atoms with van der Waals surface area (Å²) in [4.78, 5) is 0. The van der Waals surface area contributed by atoms with Gasteiger partial charge in [0.05, 0.1) is 0 Å². The van der Waals surface area contributed by atoms with Crippen molar-refractivity contribution in [2.24, 2.45) is 5.41 Å². The second-order valence-electron chi connectivity index (χ2n) is 8.37. The third-order valence-electron chi connectivity index (χ3n) is 6.81. The summed E-state index contributed by atoms with van der Waals surface area (Å²) >= 11 is 0. The first-order chi connectivity index (χ1) is 12.3. The fraction of sp³-hybridized carbons (Fsp3) is 0.308. The van der Waals surface area contributed by atoms with Gasteiger partial charge in [0.2, 0.25) is 0 Å². The molecule has 0 heterocycles. The number of hydrogen-bond donors (Lipinski definition) is 0. The average molecular weight is 341 g/mol. The molecule has 26 heavy (non-hydrogen) atoms. The van der Waals surface area contributed by atoms with Crippen LogP contribution >= 0.6 is 0 Å². The van der Waals surface area contributed by atoms with Crippen LogP contribution in [-0.2, 0) is 0 Å². The number of allylic oxidation sites excluding steroid dienone is 5. The quantitative estimate of drug-likeness (QED) is 0.531. The third kappa shape index (κ3) is 2.28. The van der Waals surface area contributed by atoms with Gasteiger partial charge in [-0.05, 0) is 71.4 Å². The Morgan fingerprint density at radius 2 is 1.50 bits per heavy atom. The molecule has 132 valence electrons. The van der Waals surface area contributed by atoms with Gasteiger partial charge in [0.1, 0.15) is 0 Å². The van der Waals surface area contributed by atoms with Crippen LogP contribution in [0.4, 0.5) is 0 Å². The maximum Gasteiger partial charge on any atom is 0.0117 e. The van der Waals surface area contributed by atoms with E-state index in [0.717, 1.165) is 0 Å². The first-order valence-electron chi connectivity index (χ1n) is 9.64. The van der Waals surface area contributed by atoms with Gasteiger partial charge in [0.15, 0.2) is 0 Å². The first kappa shape index (κ1) is 17.1. The van der Waals surface area contributed by atoms with E-state index in [1.54, 1.807) is 0 Å². The van der Waals surface area contributed by atoms with Gasteiger partial charge in [-0.25, -0.2) is 0 Å². The Balaban J connectivity index is 1.91. The van der Waals surface area contributed by atoms with Crippen LogP contribution in [-0.4, -0.2) is 0 Å². The van der Waals surface area contributed by atoms with Crippen molar-refractivity contribution in [3.63, 3.8) is 0 Å². The van der Waals surface area contributed by atoms with Crippen molar-refractivity contribution >= 4 is 17.2 Å². The van der Waals surface area contributed by atoms with Gasteiger partial charge in [0, 0.05) is 11.3 Å². The normalized spacial score (nSPS) is 21.3. The molecule has 0 fully saturated rings. The molecule has 0 saturated carbocycles. The molecule has 0 radical (unpaired) electrons. The molecule has 0 bridgehead atoms. The van der Waals surface area contributed by atoms with E-state index in [-0.39, 0.29) is 5.41 Å². The van der Waals surface area contributed by atoms with Gasteiger partial charge >= 0.3 is 0 Å². The predicted octanol–water partition coefficient (Wildman–Crippen LogP) is 7.49. The molecule has 0 heteroatoms. The lowest BCUT2D eigenvalue weighted by Crippen LogP contribution is -2.13. The highest BCUT2D eigenvalue weighted by molar-refractivity contribution is 5.97. The van der Waals surface area contributed by atoms with Crippen molar-refractivity contribution in [2.45, 2.75) is 47.5 Å². The molecule has 0 amide bonds. The van der Waals surface area contributed by atoms with Crippen molar-refractivity contribution < 1.29 is 0 Å². The zero-order valence-corrected chi connectivity index (χ0v) is 16.8. The second kappa shape index (κ2) is 5.84. The molecule has 1 unspecified atom stereocenters. The molecule has 2 aliphatic rings. The van der Waals surface area contributed by atoms with E-state index in [4.69, 9.17) is 0 Å². The summed E-state index contributed by atoms with van der Waals surface area (Å²) in [5.41, 5.74) is 13.1. The fourth-order valence-corrected chi connectivity index (χ4v) is 4.88. The molecule has 2 aromatic carbocycles. The predicted molar refractivity (Wildman–Crippen MR) is 114 cm³/mol. The summed E-state index contributed by atoms with van der Waals surface area (Å²) in [6, 6.07) is 17.7. The van der Waals surface area contributed by atoms with E-state index in [1.165, 1.54) is 50.1 Å². The summed E-state index contributed by atoms with van der Waals surface area (Å²) in [5.74, 6) is 0.438. The summed E-state index contributed by atoms with van der Waals surface area (Å²) in [7, 11) is 0. The highest BCUT2D eigenvalue weighted by Gasteiger charge is 2.37. The summed E-state index contributed by atoms with van der Waals surface area (Å²) in [6.45, 7) is 13.9. The van der Waals surface area contributed by atoms with Gasteiger partial charge in [-0.2, -0.15) is 0 Å². The minimum atomic E-state index is 0.0931. The molecule has 0 N–H and O–H groups in total.